The van der Waals surface area contributed by atoms with Crippen LogP contribution < -0.4 is 5.32 Å². The smallest absolute Gasteiger partial charge is 0.248 e. The number of piperidine rings is 1. The maximum atomic E-state index is 13.6. The van der Waals surface area contributed by atoms with Gasteiger partial charge in [0.05, 0.1) is 17.8 Å². The third-order valence-corrected chi connectivity index (χ3v) is 7.99. The summed E-state index contributed by atoms with van der Waals surface area (Å²) >= 11 is 0. The first kappa shape index (κ1) is 23.8. The van der Waals surface area contributed by atoms with Gasteiger partial charge in [0, 0.05) is 19.3 Å². The summed E-state index contributed by atoms with van der Waals surface area (Å²) in [6.07, 6.45) is 7.86. The third-order valence-electron chi connectivity index (χ3n) is 5.96. The molecule has 0 saturated carbocycles. The maximum Gasteiger partial charge on any atom is 0.248 e. The molecule has 0 aliphatic carbocycles. The molecule has 0 radical (unpaired) electrons. The van der Waals surface area contributed by atoms with Gasteiger partial charge in [0.1, 0.15) is 5.69 Å². The zero-order valence-corrected chi connectivity index (χ0v) is 20.3. The van der Waals surface area contributed by atoms with Gasteiger partial charge in [-0.25, -0.2) is 8.42 Å². The molecule has 1 aliphatic heterocycles. The van der Waals surface area contributed by atoms with Crippen molar-refractivity contribution in [3.63, 3.8) is 0 Å². The molecular formula is C25H28N4O4S. The molecule has 34 heavy (non-hydrogen) atoms. The standard InChI is InChI=1S/C25H28N4O4S/c1-17-8-9-18(2)20(14-17)10-11-23-24(19(3)28-33-23)34(31,32)29-13-5-6-21(16-29)25(30)27-22-7-4-12-26-15-22/h4,7-12,14-15,21H,5-6,13,16H2,1-3H3,(H,27,30)/b11-10+/t21-/m1/s1. The Bertz CT molecular complexity index is 1320. The van der Waals surface area contributed by atoms with E-state index in [0.717, 1.165) is 16.7 Å². The van der Waals surface area contributed by atoms with Gasteiger partial charge in [0.25, 0.3) is 0 Å². The van der Waals surface area contributed by atoms with Crippen molar-refractivity contribution in [1.82, 2.24) is 14.4 Å². The number of hydrogen-bond acceptors (Lipinski definition) is 6. The lowest BCUT2D eigenvalue weighted by Crippen LogP contribution is -2.43. The van der Waals surface area contributed by atoms with E-state index in [1.165, 1.54) is 4.31 Å². The fourth-order valence-corrected chi connectivity index (χ4v) is 5.86. The van der Waals surface area contributed by atoms with Crippen LogP contribution in [0, 0.1) is 26.7 Å². The highest BCUT2D eigenvalue weighted by Crippen LogP contribution is 2.30. The van der Waals surface area contributed by atoms with E-state index in [9.17, 15) is 13.2 Å². The van der Waals surface area contributed by atoms with Gasteiger partial charge in [-0.2, -0.15) is 4.31 Å². The predicted molar refractivity (Wildman–Crippen MR) is 130 cm³/mol. The number of aryl methyl sites for hydroxylation is 3. The molecule has 178 valence electrons. The minimum Gasteiger partial charge on any atom is -0.355 e. The molecule has 1 fully saturated rings. The van der Waals surface area contributed by atoms with Gasteiger partial charge < -0.3 is 9.84 Å². The van der Waals surface area contributed by atoms with Crippen molar-refractivity contribution in [3.8, 4) is 0 Å². The average molecular weight is 481 g/mol. The lowest BCUT2D eigenvalue weighted by Gasteiger charge is -2.31. The number of anilines is 1. The van der Waals surface area contributed by atoms with Crippen molar-refractivity contribution in [2.24, 2.45) is 5.92 Å². The summed E-state index contributed by atoms with van der Waals surface area (Å²) in [6.45, 7) is 6.04. The Kier molecular flexibility index (Phi) is 6.95. The zero-order valence-electron chi connectivity index (χ0n) is 19.5. The van der Waals surface area contributed by atoms with Crippen LogP contribution in [0.1, 0.15) is 41.0 Å². The molecule has 1 saturated heterocycles. The normalized spacial score (nSPS) is 17.2. The zero-order chi connectivity index (χ0) is 24.3. The van der Waals surface area contributed by atoms with Gasteiger partial charge in [-0.1, -0.05) is 35.0 Å². The van der Waals surface area contributed by atoms with Crippen molar-refractivity contribution in [3.05, 3.63) is 70.9 Å². The van der Waals surface area contributed by atoms with Gasteiger partial charge >= 0.3 is 0 Å². The number of sulfonamides is 1. The highest BCUT2D eigenvalue weighted by atomic mass is 32.2. The second kappa shape index (κ2) is 9.90. The number of carbonyl (C=O) groups excluding carboxylic acids is 1. The number of hydrogen-bond donors (Lipinski definition) is 1. The molecule has 0 spiro atoms. The second-order valence-electron chi connectivity index (χ2n) is 8.59. The first-order chi connectivity index (χ1) is 16.3. The van der Waals surface area contributed by atoms with Gasteiger partial charge in [-0.3, -0.25) is 9.78 Å². The Morgan fingerprint density at radius 3 is 2.79 bits per heavy atom. The first-order valence-electron chi connectivity index (χ1n) is 11.2. The fraction of sp³-hybridized carbons (Fsp3) is 0.320. The molecule has 3 aromatic rings. The van der Waals surface area contributed by atoms with Gasteiger partial charge in [0.2, 0.25) is 15.9 Å². The average Bonchev–Trinajstić information content (AvgIpc) is 3.21. The van der Waals surface area contributed by atoms with Crippen LogP contribution in [0.15, 0.2) is 52.1 Å². The van der Waals surface area contributed by atoms with Crippen LogP contribution in [0.3, 0.4) is 0 Å². The molecule has 8 nitrogen and oxygen atoms in total. The summed E-state index contributed by atoms with van der Waals surface area (Å²) in [7, 11) is -3.91. The lowest BCUT2D eigenvalue weighted by atomic mass is 9.99. The van der Waals surface area contributed by atoms with E-state index >= 15 is 0 Å². The minimum atomic E-state index is -3.91. The lowest BCUT2D eigenvalue weighted by molar-refractivity contribution is -0.120. The molecule has 1 amide bonds. The monoisotopic (exact) mass is 480 g/mol. The molecule has 2 aromatic heterocycles. The van der Waals surface area contributed by atoms with Gasteiger partial charge in [0.15, 0.2) is 10.7 Å². The predicted octanol–water partition coefficient (Wildman–Crippen LogP) is 4.20. The van der Waals surface area contributed by atoms with Crippen LogP contribution in [0.25, 0.3) is 12.2 Å². The number of amides is 1. The molecule has 3 heterocycles. The third kappa shape index (κ3) is 5.10. The number of carbonyl (C=O) groups is 1. The number of pyridine rings is 1. The number of aromatic nitrogens is 2. The van der Waals surface area contributed by atoms with E-state index in [4.69, 9.17) is 4.52 Å². The van der Waals surface area contributed by atoms with Crippen LogP contribution >= 0.6 is 0 Å². The van der Waals surface area contributed by atoms with E-state index in [0.29, 0.717) is 30.8 Å². The molecule has 0 unspecified atom stereocenters. The molecule has 1 atom stereocenters. The summed E-state index contributed by atoms with van der Waals surface area (Å²) < 4.78 is 33.9. The summed E-state index contributed by atoms with van der Waals surface area (Å²) in [5.74, 6) is -0.497. The summed E-state index contributed by atoms with van der Waals surface area (Å²) in [4.78, 5) is 16.8. The van der Waals surface area contributed by atoms with E-state index < -0.39 is 15.9 Å². The quantitative estimate of drug-likeness (QED) is 0.567. The van der Waals surface area contributed by atoms with Crippen LogP contribution in [0.5, 0.6) is 0 Å². The Morgan fingerprint density at radius 2 is 2.03 bits per heavy atom. The first-order valence-corrected chi connectivity index (χ1v) is 12.6. The summed E-state index contributed by atoms with van der Waals surface area (Å²) in [5.41, 5.74) is 4.03. The highest BCUT2D eigenvalue weighted by molar-refractivity contribution is 7.89. The molecule has 4 rings (SSSR count). The van der Waals surface area contributed by atoms with E-state index in [1.807, 2.05) is 38.1 Å². The highest BCUT2D eigenvalue weighted by Gasteiger charge is 2.37. The maximum absolute atomic E-state index is 13.6. The topological polar surface area (TPSA) is 105 Å². The number of benzene rings is 1. The van der Waals surface area contributed by atoms with Crippen LogP contribution in [-0.2, 0) is 14.8 Å². The van der Waals surface area contributed by atoms with E-state index in [2.05, 4.69) is 15.5 Å². The molecular weight excluding hydrogens is 452 g/mol. The Balaban J connectivity index is 1.56. The van der Waals surface area contributed by atoms with Crippen molar-refractivity contribution < 1.29 is 17.7 Å². The molecule has 0 bridgehead atoms. The minimum absolute atomic E-state index is 0.0439. The fourth-order valence-electron chi connectivity index (χ4n) is 4.09. The SMILES string of the molecule is Cc1ccc(C)c(/C=C/c2onc(C)c2S(=O)(=O)N2CCC[C@@H](C(=O)Nc3cccnc3)C2)c1. The summed E-state index contributed by atoms with van der Waals surface area (Å²) in [5, 5.41) is 6.75. The number of nitrogens with one attached hydrogen (secondary N) is 1. The number of nitrogens with zero attached hydrogens (tertiary/aromatic N) is 3. The molecule has 1 aromatic carbocycles. The van der Waals surface area contributed by atoms with E-state index in [1.54, 1.807) is 37.5 Å². The number of rotatable bonds is 6. The van der Waals surface area contributed by atoms with Crippen molar-refractivity contribution in [2.45, 2.75) is 38.5 Å². The van der Waals surface area contributed by atoms with Gasteiger partial charge in [-0.05, 0) is 62.9 Å². The van der Waals surface area contributed by atoms with Crippen molar-refractivity contribution >= 4 is 33.8 Å². The molecule has 9 heteroatoms. The van der Waals surface area contributed by atoms with E-state index in [-0.39, 0.29) is 23.1 Å². The largest absolute Gasteiger partial charge is 0.355 e. The van der Waals surface area contributed by atoms with Crippen molar-refractivity contribution in [2.75, 3.05) is 18.4 Å². The van der Waals surface area contributed by atoms with Gasteiger partial charge in [-0.15, -0.1) is 0 Å². The Labute approximate surface area is 199 Å². The van der Waals surface area contributed by atoms with Crippen LogP contribution in [0.4, 0.5) is 5.69 Å². The Morgan fingerprint density at radius 1 is 1.21 bits per heavy atom. The molecule has 1 aliphatic rings. The van der Waals surface area contributed by atoms with Crippen LogP contribution in [0.2, 0.25) is 0 Å². The van der Waals surface area contributed by atoms with Crippen molar-refractivity contribution in [1.29, 1.82) is 0 Å². The Hall–Kier alpha value is -3.30. The summed E-state index contributed by atoms with van der Waals surface area (Å²) in [6, 6.07) is 9.55. The molecule has 1 N–H and O–H groups in total. The van der Waals surface area contributed by atoms with Crippen LogP contribution in [-0.4, -0.2) is 41.9 Å². The second-order valence-corrected chi connectivity index (χ2v) is 10.5.